The van der Waals surface area contributed by atoms with Gasteiger partial charge in [0.05, 0.1) is 11.8 Å². The number of anilines is 1. The lowest BCUT2D eigenvalue weighted by molar-refractivity contribution is -0.136. The first-order valence-corrected chi connectivity index (χ1v) is 6.86. The number of aliphatic hydroxyl groups is 1. The molecule has 2 amide bonds. The summed E-state index contributed by atoms with van der Waals surface area (Å²) in [6.45, 7) is -0.432. The zero-order valence-corrected chi connectivity index (χ0v) is 12.2. The van der Waals surface area contributed by atoms with Crippen molar-refractivity contribution in [2.45, 2.75) is 6.10 Å². The van der Waals surface area contributed by atoms with Gasteiger partial charge < -0.3 is 15.7 Å². The average Bonchev–Trinajstić information content (AvgIpc) is 2.56. The number of benzene rings is 2. The summed E-state index contributed by atoms with van der Waals surface area (Å²) < 4.78 is 39.9. The molecule has 2 aromatic carbocycles. The molecule has 8 heteroatoms. The van der Waals surface area contributed by atoms with Gasteiger partial charge in [0.15, 0.2) is 11.6 Å². The molecule has 0 saturated carbocycles. The highest BCUT2D eigenvalue weighted by molar-refractivity contribution is 6.39. The van der Waals surface area contributed by atoms with E-state index in [2.05, 4.69) is 5.32 Å². The van der Waals surface area contributed by atoms with E-state index in [0.717, 1.165) is 24.3 Å². The van der Waals surface area contributed by atoms with E-state index in [-0.39, 0.29) is 5.56 Å². The lowest BCUT2D eigenvalue weighted by Gasteiger charge is -2.13. The number of hydrogen-bond donors (Lipinski definition) is 3. The molecule has 0 aliphatic rings. The highest BCUT2D eigenvalue weighted by Gasteiger charge is 2.19. The third-order valence-corrected chi connectivity index (χ3v) is 3.13. The molecule has 0 aliphatic heterocycles. The molecule has 0 bridgehead atoms. The van der Waals surface area contributed by atoms with Crippen molar-refractivity contribution in [3.05, 3.63) is 65.5 Å². The predicted molar refractivity (Wildman–Crippen MR) is 79.4 cm³/mol. The van der Waals surface area contributed by atoms with Gasteiger partial charge in [0.1, 0.15) is 5.82 Å². The fourth-order valence-electron chi connectivity index (χ4n) is 1.90. The summed E-state index contributed by atoms with van der Waals surface area (Å²) >= 11 is 0. The Kier molecular flexibility index (Phi) is 5.54. The number of rotatable bonds is 4. The van der Waals surface area contributed by atoms with E-state index >= 15 is 0 Å². The second-order valence-electron chi connectivity index (χ2n) is 4.80. The quantitative estimate of drug-likeness (QED) is 0.745. The van der Waals surface area contributed by atoms with Crippen molar-refractivity contribution in [3.8, 4) is 0 Å². The molecular formula is C16H13F3N2O3. The largest absolute Gasteiger partial charge is 0.386 e. The average molecular weight is 338 g/mol. The molecule has 0 aliphatic carbocycles. The van der Waals surface area contributed by atoms with Gasteiger partial charge >= 0.3 is 11.8 Å². The summed E-state index contributed by atoms with van der Waals surface area (Å²) in [6, 6.07) is 8.50. The van der Waals surface area contributed by atoms with Crippen molar-refractivity contribution in [2.75, 3.05) is 11.9 Å². The molecule has 5 nitrogen and oxygen atoms in total. The predicted octanol–water partition coefficient (Wildman–Crippen LogP) is 1.89. The molecule has 0 saturated heterocycles. The highest BCUT2D eigenvalue weighted by atomic mass is 19.2. The lowest BCUT2D eigenvalue weighted by atomic mass is 10.1. The van der Waals surface area contributed by atoms with E-state index in [1.165, 1.54) is 18.2 Å². The second kappa shape index (κ2) is 7.60. The zero-order valence-electron chi connectivity index (χ0n) is 12.2. The van der Waals surface area contributed by atoms with Gasteiger partial charge in [-0.2, -0.15) is 0 Å². The van der Waals surface area contributed by atoms with Gasteiger partial charge in [0, 0.05) is 12.1 Å². The standard InChI is InChI=1S/C16H13F3N2O3/c17-10-5-2-1-4-9(10)13(22)8-20-15(23)16(24)21-12-7-3-6-11(18)14(12)19/h1-7,13,22H,8H2,(H,20,23)(H,21,24). The Morgan fingerprint density at radius 1 is 0.958 bits per heavy atom. The summed E-state index contributed by atoms with van der Waals surface area (Å²) in [7, 11) is 0. The van der Waals surface area contributed by atoms with Crippen LogP contribution in [0.25, 0.3) is 0 Å². The Morgan fingerprint density at radius 2 is 1.62 bits per heavy atom. The third kappa shape index (κ3) is 4.11. The van der Waals surface area contributed by atoms with Gasteiger partial charge in [-0.05, 0) is 18.2 Å². The van der Waals surface area contributed by atoms with Crippen molar-refractivity contribution in [2.24, 2.45) is 0 Å². The van der Waals surface area contributed by atoms with Crippen molar-refractivity contribution in [1.82, 2.24) is 5.32 Å². The van der Waals surface area contributed by atoms with E-state index in [1.807, 2.05) is 5.32 Å². The molecule has 3 N–H and O–H groups in total. The zero-order chi connectivity index (χ0) is 17.7. The third-order valence-electron chi connectivity index (χ3n) is 3.13. The maximum absolute atomic E-state index is 13.5. The van der Waals surface area contributed by atoms with Gasteiger partial charge in [0.25, 0.3) is 0 Å². The molecular weight excluding hydrogens is 325 g/mol. The van der Waals surface area contributed by atoms with E-state index in [0.29, 0.717) is 0 Å². The molecule has 0 heterocycles. The molecule has 2 rings (SSSR count). The number of aliphatic hydroxyl groups excluding tert-OH is 1. The fraction of sp³-hybridized carbons (Fsp3) is 0.125. The minimum absolute atomic E-state index is 0.0469. The van der Waals surface area contributed by atoms with Crippen LogP contribution in [-0.4, -0.2) is 23.5 Å². The molecule has 2 aromatic rings. The molecule has 1 atom stereocenters. The molecule has 0 radical (unpaired) electrons. The van der Waals surface area contributed by atoms with Gasteiger partial charge in [-0.1, -0.05) is 24.3 Å². The number of amides is 2. The number of carbonyl (C=O) groups is 2. The molecule has 1 unspecified atom stereocenters. The van der Waals surface area contributed by atoms with Crippen LogP contribution < -0.4 is 10.6 Å². The molecule has 24 heavy (non-hydrogen) atoms. The van der Waals surface area contributed by atoms with E-state index < -0.39 is 47.6 Å². The summed E-state index contributed by atoms with van der Waals surface area (Å²) in [6.07, 6.45) is -1.37. The van der Waals surface area contributed by atoms with Gasteiger partial charge in [0.2, 0.25) is 0 Å². The lowest BCUT2D eigenvalue weighted by Crippen LogP contribution is -2.38. The Labute approximate surface area is 135 Å². The van der Waals surface area contributed by atoms with E-state index in [9.17, 15) is 27.9 Å². The Morgan fingerprint density at radius 3 is 2.33 bits per heavy atom. The van der Waals surface area contributed by atoms with E-state index in [1.54, 1.807) is 0 Å². The van der Waals surface area contributed by atoms with Crippen molar-refractivity contribution in [3.63, 3.8) is 0 Å². The van der Waals surface area contributed by atoms with Crippen LogP contribution in [-0.2, 0) is 9.59 Å². The monoisotopic (exact) mass is 338 g/mol. The minimum Gasteiger partial charge on any atom is -0.386 e. The van der Waals surface area contributed by atoms with Crippen molar-refractivity contribution in [1.29, 1.82) is 0 Å². The summed E-state index contributed by atoms with van der Waals surface area (Å²) in [5.41, 5.74) is -0.542. The summed E-state index contributed by atoms with van der Waals surface area (Å²) in [5, 5.41) is 13.8. The van der Waals surface area contributed by atoms with Crippen LogP contribution in [0.15, 0.2) is 42.5 Å². The van der Waals surface area contributed by atoms with Crippen LogP contribution in [0.5, 0.6) is 0 Å². The van der Waals surface area contributed by atoms with Crippen LogP contribution >= 0.6 is 0 Å². The van der Waals surface area contributed by atoms with Gasteiger partial charge in [-0.15, -0.1) is 0 Å². The smallest absolute Gasteiger partial charge is 0.313 e. The summed E-state index contributed by atoms with van der Waals surface area (Å²) in [5.74, 6) is -5.58. The Balaban J connectivity index is 1.94. The van der Waals surface area contributed by atoms with E-state index in [4.69, 9.17) is 0 Å². The summed E-state index contributed by atoms with van der Waals surface area (Å²) in [4.78, 5) is 23.2. The molecule has 0 aromatic heterocycles. The normalized spacial score (nSPS) is 11.7. The molecule has 0 fully saturated rings. The maximum atomic E-state index is 13.5. The maximum Gasteiger partial charge on any atom is 0.313 e. The van der Waals surface area contributed by atoms with Gasteiger partial charge in [-0.25, -0.2) is 13.2 Å². The first-order valence-electron chi connectivity index (χ1n) is 6.86. The number of hydrogen-bond acceptors (Lipinski definition) is 3. The SMILES string of the molecule is O=C(NCC(O)c1ccccc1F)C(=O)Nc1cccc(F)c1F. The van der Waals surface area contributed by atoms with Crippen molar-refractivity contribution >= 4 is 17.5 Å². The number of carbonyl (C=O) groups excluding carboxylic acids is 2. The minimum atomic E-state index is -1.37. The first-order chi connectivity index (χ1) is 11.4. The number of halogens is 3. The van der Waals surface area contributed by atoms with Crippen LogP contribution in [0.1, 0.15) is 11.7 Å². The van der Waals surface area contributed by atoms with Crippen LogP contribution in [0.4, 0.5) is 18.9 Å². The van der Waals surface area contributed by atoms with Crippen molar-refractivity contribution < 1.29 is 27.9 Å². The molecule has 126 valence electrons. The van der Waals surface area contributed by atoms with Gasteiger partial charge in [-0.3, -0.25) is 9.59 Å². The Bertz CT molecular complexity index is 768. The van der Waals surface area contributed by atoms with Crippen LogP contribution in [0.2, 0.25) is 0 Å². The topological polar surface area (TPSA) is 78.4 Å². The second-order valence-corrected chi connectivity index (χ2v) is 4.80. The first kappa shape index (κ1) is 17.5. The fourth-order valence-corrected chi connectivity index (χ4v) is 1.90. The van der Waals surface area contributed by atoms with Crippen LogP contribution in [0, 0.1) is 17.5 Å². The van der Waals surface area contributed by atoms with Crippen LogP contribution in [0.3, 0.4) is 0 Å². The highest BCUT2D eigenvalue weighted by Crippen LogP contribution is 2.17. The molecule has 0 spiro atoms. The Hall–Kier alpha value is -2.87. The number of nitrogens with one attached hydrogen (secondary N) is 2.